The van der Waals surface area contributed by atoms with Gasteiger partial charge in [-0.2, -0.15) is 11.8 Å². The van der Waals surface area contributed by atoms with Crippen molar-refractivity contribution >= 4 is 46.4 Å². The number of methoxy groups -OCH3 is 1. The Morgan fingerprint density at radius 3 is 2.84 bits per heavy atom. The van der Waals surface area contributed by atoms with Crippen LogP contribution in [0.3, 0.4) is 0 Å². The first kappa shape index (κ1) is 16.4. The number of nitrogens with one attached hydrogen (secondary N) is 2. The fraction of sp³-hybridized carbons (Fsp3) is 0.462. The van der Waals surface area contributed by atoms with Gasteiger partial charge in [0.05, 0.1) is 12.8 Å². The molecule has 106 valence electrons. The molecule has 0 radical (unpaired) electrons. The summed E-state index contributed by atoms with van der Waals surface area (Å²) in [4.78, 5) is 0. The van der Waals surface area contributed by atoms with Crippen molar-refractivity contribution in [3.8, 4) is 5.75 Å². The van der Waals surface area contributed by atoms with Crippen molar-refractivity contribution in [2.75, 3.05) is 31.0 Å². The fourth-order valence-electron chi connectivity index (χ4n) is 1.51. The van der Waals surface area contributed by atoms with Gasteiger partial charge in [-0.25, -0.2) is 0 Å². The van der Waals surface area contributed by atoms with E-state index in [4.69, 9.17) is 28.6 Å². The minimum atomic E-state index is 0.598. The van der Waals surface area contributed by atoms with Gasteiger partial charge in [0.2, 0.25) is 0 Å². The molecule has 1 aromatic carbocycles. The molecule has 0 bridgehead atoms. The first-order valence-electron chi connectivity index (χ1n) is 5.96. The van der Waals surface area contributed by atoms with Gasteiger partial charge in [0.1, 0.15) is 5.75 Å². The van der Waals surface area contributed by atoms with Gasteiger partial charge < -0.3 is 15.4 Å². The van der Waals surface area contributed by atoms with E-state index in [0.29, 0.717) is 15.9 Å². The highest BCUT2D eigenvalue weighted by Gasteiger charge is 2.08. The Hall–Kier alpha value is -0.650. The summed E-state index contributed by atoms with van der Waals surface area (Å²) in [6.07, 6.45) is 3.18. The molecule has 1 aromatic rings. The summed E-state index contributed by atoms with van der Waals surface area (Å²) in [6.45, 7) is 2.81. The van der Waals surface area contributed by atoms with Crippen LogP contribution in [0.2, 0.25) is 5.02 Å². The number of rotatable bonds is 6. The summed E-state index contributed by atoms with van der Waals surface area (Å²) in [5.74, 6) is 1.81. The van der Waals surface area contributed by atoms with Crippen molar-refractivity contribution in [2.45, 2.75) is 13.3 Å². The Kier molecular flexibility index (Phi) is 7.34. The molecular weight excluding hydrogens is 300 g/mol. The highest BCUT2D eigenvalue weighted by molar-refractivity contribution is 7.98. The predicted octanol–water partition coefficient (Wildman–Crippen LogP) is 3.70. The Labute approximate surface area is 129 Å². The number of anilines is 1. The molecule has 0 heterocycles. The monoisotopic (exact) mass is 318 g/mol. The van der Waals surface area contributed by atoms with Crippen LogP contribution in [-0.4, -0.2) is 30.8 Å². The van der Waals surface area contributed by atoms with E-state index in [9.17, 15) is 0 Å². The number of ether oxygens (including phenoxy) is 1. The zero-order valence-electron chi connectivity index (χ0n) is 11.4. The lowest BCUT2D eigenvalue weighted by molar-refractivity contribution is 0.417. The Balaban J connectivity index is 2.60. The average Bonchev–Trinajstić information content (AvgIpc) is 2.38. The molecule has 0 amide bonds. The summed E-state index contributed by atoms with van der Waals surface area (Å²) < 4.78 is 5.29. The minimum absolute atomic E-state index is 0.598. The van der Waals surface area contributed by atoms with Crippen molar-refractivity contribution in [3.05, 3.63) is 22.7 Å². The number of thioether (sulfide) groups is 1. The maximum atomic E-state index is 6.06. The number of benzene rings is 1. The Bertz CT molecular complexity index is 441. The Morgan fingerprint density at radius 1 is 1.47 bits per heavy atom. The van der Waals surface area contributed by atoms with E-state index in [1.54, 1.807) is 13.2 Å². The molecule has 0 atom stereocenters. The highest BCUT2D eigenvalue weighted by atomic mass is 35.5. The molecule has 0 aromatic heterocycles. The molecule has 3 nitrogen and oxygen atoms in total. The molecule has 0 aliphatic rings. The third-order valence-electron chi connectivity index (χ3n) is 2.54. The van der Waals surface area contributed by atoms with Crippen LogP contribution in [0.4, 0.5) is 5.69 Å². The molecule has 0 aliphatic heterocycles. The third kappa shape index (κ3) is 5.47. The van der Waals surface area contributed by atoms with Crippen LogP contribution in [0.25, 0.3) is 0 Å². The summed E-state index contributed by atoms with van der Waals surface area (Å²) in [5.41, 5.74) is 1.81. The Morgan fingerprint density at radius 2 is 2.21 bits per heavy atom. The van der Waals surface area contributed by atoms with Gasteiger partial charge in [-0.05, 0) is 49.2 Å². The van der Waals surface area contributed by atoms with E-state index in [0.717, 1.165) is 30.0 Å². The van der Waals surface area contributed by atoms with E-state index < -0.39 is 0 Å². The molecule has 0 saturated heterocycles. The molecule has 0 fully saturated rings. The maximum Gasteiger partial charge on any atom is 0.170 e. The zero-order valence-corrected chi connectivity index (χ0v) is 13.8. The van der Waals surface area contributed by atoms with Gasteiger partial charge in [-0.1, -0.05) is 11.6 Å². The van der Waals surface area contributed by atoms with E-state index in [1.807, 2.05) is 24.8 Å². The van der Waals surface area contributed by atoms with Gasteiger partial charge in [0.15, 0.2) is 5.11 Å². The first-order valence-corrected chi connectivity index (χ1v) is 8.14. The smallest absolute Gasteiger partial charge is 0.170 e. The van der Waals surface area contributed by atoms with E-state index in [2.05, 4.69) is 16.9 Å². The van der Waals surface area contributed by atoms with Gasteiger partial charge in [-0.15, -0.1) is 0 Å². The second kappa shape index (κ2) is 8.51. The molecule has 0 saturated carbocycles. The SMILES string of the molecule is COc1cc(Cl)c(C)cc1NC(=S)NCCCSC. The normalized spacial score (nSPS) is 10.1. The summed E-state index contributed by atoms with van der Waals surface area (Å²) in [6, 6.07) is 3.71. The summed E-state index contributed by atoms with van der Waals surface area (Å²) in [7, 11) is 1.61. The standard InChI is InChI=1S/C13H19ClN2OS2/c1-9-7-11(12(17-2)8-10(9)14)16-13(18)15-5-4-6-19-3/h7-8H,4-6H2,1-3H3,(H2,15,16,18). The second-order valence-electron chi connectivity index (χ2n) is 4.03. The fourth-order valence-corrected chi connectivity index (χ4v) is 2.31. The third-order valence-corrected chi connectivity index (χ3v) is 3.89. The van der Waals surface area contributed by atoms with Gasteiger partial charge in [-0.3, -0.25) is 0 Å². The largest absolute Gasteiger partial charge is 0.495 e. The van der Waals surface area contributed by atoms with Crippen molar-refractivity contribution < 1.29 is 4.74 Å². The van der Waals surface area contributed by atoms with Gasteiger partial charge in [0, 0.05) is 17.6 Å². The van der Waals surface area contributed by atoms with Crippen molar-refractivity contribution in [2.24, 2.45) is 0 Å². The van der Waals surface area contributed by atoms with Crippen LogP contribution in [0.5, 0.6) is 5.75 Å². The van der Waals surface area contributed by atoms with Crippen molar-refractivity contribution in [1.29, 1.82) is 0 Å². The molecule has 0 aliphatic carbocycles. The number of thiocarbonyl (C=S) groups is 1. The molecule has 0 unspecified atom stereocenters. The summed E-state index contributed by atoms with van der Waals surface area (Å²) in [5, 5.41) is 7.59. The summed E-state index contributed by atoms with van der Waals surface area (Å²) >= 11 is 13.1. The van der Waals surface area contributed by atoms with Crippen LogP contribution in [0, 0.1) is 6.92 Å². The van der Waals surface area contributed by atoms with E-state index >= 15 is 0 Å². The zero-order chi connectivity index (χ0) is 14.3. The van der Waals surface area contributed by atoms with Crippen molar-refractivity contribution in [3.63, 3.8) is 0 Å². The molecular formula is C13H19ClN2OS2. The van der Waals surface area contributed by atoms with Crippen LogP contribution in [0.1, 0.15) is 12.0 Å². The van der Waals surface area contributed by atoms with E-state index in [1.165, 1.54) is 0 Å². The first-order chi connectivity index (χ1) is 9.08. The lowest BCUT2D eigenvalue weighted by atomic mass is 10.2. The van der Waals surface area contributed by atoms with Gasteiger partial charge in [0.25, 0.3) is 0 Å². The number of aryl methyl sites for hydroxylation is 1. The van der Waals surface area contributed by atoms with Gasteiger partial charge >= 0.3 is 0 Å². The second-order valence-corrected chi connectivity index (χ2v) is 5.83. The molecule has 1 rings (SSSR count). The predicted molar refractivity (Wildman–Crippen MR) is 90.0 cm³/mol. The molecule has 0 spiro atoms. The number of halogens is 1. The lowest BCUT2D eigenvalue weighted by Gasteiger charge is -2.14. The van der Waals surface area contributed by atoms with E-state index in [-0.39, 0.29) is 0 Å². The van der Waals surface area contributed by atoms with Crippen LogP contribution >= 0.6 is 35.6 Å². The number of hydrogen-bond donors (Lipinski definition) is 2. The average molecular weight is 319 g/mol. The van der Waals surface area contributed by atoms with Crippen LogP contribution < -0.4 is 15.4 Å². The maximum absolute atomic E-state index is 6.06. The molecule has 2 N–H and O–H groups in total. The van der Waals surface area contributed by atoms with Crippen LogP contribution in [0.15, 0.2) is 12.1 Å². The highest BCUT2D eigenvalue weighted by Crippen LogP contribution is 2.30. The van der Waals surface area contributed by atoms with Crippen molar-refractivity contribution in [1.82, 2.24) is 5.32 Å². The minimum Gasteiger partial charge on any atom is -0.495 e. The molecule has 19 heavy (non-hydrogen) atoms. The van der Waals surface area contributed by atoms with Crippen LogP contribution in [-0.2, 0) is 0 Å². The quantitative estimate of drug-likeness (QED) is 0.617. The number of hydrogen-bond acceptors (Lipinski definition) is 3. The molecule has 6 heteroatoms. The lowest BCUT2D eigenvalue weighted by Crippen LogP contribution is -2.29. The topological polar surface area (TPSA) is 33.3 Å².